The Labute approximate surface area is 330 Å². The average molecular weight is 815 g/mol. The zero-order valence-corrected chi connectivity index (χ0v) is 31.7. The smallest absolute Gasteiger partial charge is 0.294 e. The molecule has 15 nitrogen and oxygen atoms in total. The van der Waals surface area contributed by atoms with Crippen LogP contribution in [0, 0.1) is 6.92 Å². The first-order valence-electron chi connectivity index (χ1n) is 17.1. The van der Waals surface area contributed by atoms with Gasteiger partial charge in [-0.25, -0.2) is 0 Å². The molecule has 0 fully saturated rings. The van der Waals surface area contributed by atoms with E-state index in [4.69, 9.17) is 0 Å². The quantitative estimate of drug-likeness (QED) is 0.0651. The van der Waals surface area contributed by atoms with Crippen molar-refractivity contribution in [1.29, 1.82) is 0 Å². The number of anilines is 2. The number of phenols is 1. The number of aromatic hydroxyl groups is 1. The van der Waals surface area contributed by atoms with E-state index in [1.54, 1.807) is 79.7 Å². The van der Waals surface area contributed by atoms with Crippen LogP contribution in [0.1, 0.15) is 26.3 Å². The van der Waals surface area contributed by atoms with Crippen molar-refractivity contribution in [2.45, 2.75) is 16.7 Å². The van der Waals surface area contributed by atoms with Gasteiger partial charge in [-0.15, -0.1) is 10.2 Å². The van der Waals surface area contributed by atoms with Crippen LogP contribution < -0.4 is 10.6 Å². The maximum absolute atomic E-state index is 13.0. The third-order valence-electron chi connectivity index (χ3n) is 8.86. The zero-order valence-electron chi connectivity index (χ0n) is 30.1. The van der Waals surface area contributed by atoms with Gasteiger partial charge in [0.25, 0.3) is 32.1 Å². The number of nitrogens with one attached hydrogen (secondary N) is 2. The van der Waals surface area contributed by atoms with Gasteiger partial charge in [-0.2, -0.15) is 27.1 Å². The van der Waals surface area contributed by atoms with Crippen LogP contribution in [0.4, 0.5) is 34.1 Å². The summed E-state index contributed by atoms with van der Waals surface area (Å²) in [5, 5.41) is 34.4. The average Bonchev–Trinajstić information content (AvgIpc) is 3.19. The molecule has 7 aromatic rings. The summed E-state index contributed by atoms with van der Waals surface area (Å²) in [6, 6.07) is 33.8. The Morgan fingerprint density at radius 2 is 1.09 bits per heavy atom. The van der Waals surface area contributed by atoms with Crippen LogP contribution in [0.25, 0.3) is 21.5 Å². The van der Waals surface area contributed by atoms with Crippen molar-refractivity contribution < 1.29 is 40.6 Å². The number of hydrogen-bond donors (Lipinski definition) is 5. The molecule has 0 saturated heterocycles. The number of fused-ring (bicyclic) bond motifs is 2. The standard InChI is InChI=1S/C41H30N6O9S2/c1-24-19-29(43-41(50)26-7-9-28(10-8-26)42-40(49)25-5-3-2-4-6-25)12-16-36(24)45-47-37-17-18-38(35-22-31(57(51,52)53)13-15-34(35)37)46-44-30-11-14-33-27(20-30)21-32(23-39(33)48)58(54,55)56/h2-23,48H,1H3,(H,42,49)(H,43,50)(H,51,52,53)(H,54,55,56). The van der Waals surface area contributed by atoms with E-state index in [1.807, 2.05) is 6.07 Å². The molecule has 58 heavy (non-hydrogen) atoms. The van der Waals surface area contributed by atoms with Gasteiger partial charge in [0.2, 0.25) is 0 Å². The molecule has 0 aliphatic carbocycles. The minimum absolute atomic E-state index is 0.192. The van der Waals surface area contributed by atoms with Crippen molar-refractivity contribution in [2.75, 3.05) is 10.6 Å². The van der Waals surface area contributed by atoms with E-state index in [9.17, 15) is 40.6 Å². The lowest BCUT2D eigenvalue weighted by atomic mass is 10.1. The minimum atomic E-state index is -4.61. The fourth-order valence-electron chi connectivity index (χ4n) is 5.92. The molecule has 7 aromatic carbocycles. The molecule has 0 atom stereocenters. The SMILES string of the molecule is Cc1cc(NC(=O)c2ccc(NC(=O)c3ccccc3)cc2)ccc1N=Nc1ccc(N=Nc2ccc3c(O)cc(S(=O)(=O)O)cc3c2)c2cc(S(=O)(=O)O)ccc12. The Bertz CT molecular complexity index is 3070. The van der Waals surface area contributed by atoms with Gasteiger partial charge in [-0.3, -0.25) is 18.7 Å². The molecule has 0 aliphatic heterocycles. The summed E-state index contributed by atoms with van der Waals surface area (Å²) in [7, 11) is -9.21. The van der Waals surface area contributed by atoms with E-state index in [0.29, 0.717) is 50.2 Å². The van der Waals surface area contributed by atoms with Crippen molar-refractivity contribution in [2.24, 2.45) is 20.5 Å². The molecule has 0 aromatic heterocycles. The summed E-state index contributed by atoms with van der Waals surface area (Å²) < 4.78 is 66.7. The number of benzene rings is 7. The van der Waals surface area contributed by atoms with Gasteiger partial charge < -0.3 is 15.7 Å². The maximum atomic E-state index is 13.0. The number of aryl methyl sites for hydroxylation is 1. The van der Waals surface area contributed by atoms with E-state index in [-0.39, 0.29) is 39.7 Å². The van der Waals surface area contributed by atoms with E-state index in [0.717, 1.165) is 6.07 Å². The van der Waals surface area contributed by atoms with Crippen LogP contribution in [-0.2, 0) is 20.2 Å². The molecule has 0 aliphatic rings. The van der Waals surface area contributed by atoms with Crippen LogP contribution >= 0.6 is 0 Å². The van der Waals surface area contributed by atoms with Crippen LogP contribution in [0.3, 0.4) is 0 Å². The summed E-state index contributed by atoms with van der Waals surface area (Å²) in [6.07, 6.45) is 0. The number of hydrogen-bond acceptors (Lipinski definition) is 11. The molecule has 2 amide bonds. The highest BCUT2D eigenvalue weighted by atomic mass is 32.2. The normalized spacial score (nSPS) is 12.1. The lowest BCUT2D eigenvalue weighted by Gasteiger charge is -2.09. The van der Waals surface area contributed by atoms with Crippen molar-refractivity contribution in [3.05, 3.63) is 150 Å². The molecule has 0 heterocycles. The fraction of sp³-hybridized carbons (Fsp3) is 0.0244. The molecule has 7 rings (SSSR count). The molecular formula is C41H30N6O9S2. The summed E-state index contributed by atoms with van der Waals surface area (Å²) in [5.41, 5.74) is 3.83. The van der Waals surface area contributed by atoms with Crippen molar-refractivity contribution in [3.8, 4) is 5.75 Å². The molecule has 290 valence electrons. The van der Waals surface area contributed by atoms with Gasteiger partial charge in [0.1, 0.15) is 5.75 Å². The van der Waals surface area contributed by atoms with E-state index in [1.165, 1.54) is 48.5 Å². The molecule has 0 bridgehead atoms. The lowest BCUT2D eigenvalue weighted by molar-refractivity contribution is 0.102. The molecule has 5 N–H and O–H groups in total. The monoisotopic (exact) mass is 814 g/mol. The van der Waals surface area contributed by atoms with Gasteiger partial charge in [-0.1, -0.05) is 24.3 Å². The minimum Gasteiger partial charge on any atom is -0.507 e. The number of carbonyl (C=O) groups excluding carboxylic acids is 2. The van der Waals surface area contributed by atoms with E-state index in [2.05, 4.69) is 31.1 Å². The van der Waals surface area contributed by atoms with Gasteiger partial charge in [0.15, 0.2) is 0 Å². The maximum Gasteiger partial charge on any atom is 0.294 e. The van der Waals surface area contributed by atoms with E-state index < -0.39 is 30.0 Å². The molecule has 0 spiro atoms. The predicted molar refractivity (Wildman–Crippen MR) is 218 cm³/mol. The van der Waals surface area contributed by atoms with Crippen LogP contribution in [-0.4, -0.2) is 42.9 Å². The molecule has 0 unspecified atom stereocenters. The van der Waals surface area contributed by atoms with Crippen LogP contribution in [0.5, 0.6) is 5.75 Å². The lowest BCUT2D eigenvalue weighted by Crippen LogP contribution is -2.13. The number of rotatable bonds is 10. The highest BCUT2D eigenvalue weighted by Gasteiger charge is 2.16. The second-order valence-electron chi connectivity index (χ2n) is 12.9. The molecule has 17 heteroatoms. The Kier molecular flexibility index (Phi) is 10.6. The van der Waals surface area contributed by atoms with Crippen molar-refractivity contribution in [3.63, 3.8) is 0 Å². The summed E-state index contributed by atoms with van der Waals surface area (Å²) in [5.74, 6) is -1.00. The fourth-order valence-corrected chi connectivity index (χ4v) is 6.96. The summed E-state index contributed by atoms with van der Waals surface area (Å²) in [6.45, 7) is 1.78. The van der Waals surface area contributed by atoms with Crippen molar-refractivity contribution >= 4 is 87.7 Å². The third kappa shape index (κ3) is 8.77. The number of amides is 2. The Morgan fingerprint density at radius 1 is 0.517 bits per heavy atom. The summed E-state index contributed by atoms with van der Waals surface area (Å²) in [4.78, 5) is 24.5. The Morgan fingerprint density at radius 3 is 1.76 bits per heavy atom. The molecule has 0 saturated carbocycles. The van der Waals surface area contributed by atoms with Crippen molar-refractivity contribution in [1.82, 2.24) is 0 Å². The zero-order chi connectivity index (χ0) is 41.2. The predicted octanol–water partition coefficient (Wildman–Crippen LogP) is 9.84. The molecular weight excluding hydrogens is 785 g/mol. The second kappa shape index (κ2) is 15.8. The number of nitrogens with zero attached hydrogens (tertiary/aromatic N) is 4. The Balaban J connectivity index is 1.10. The van der Waals surface area contributed by atoms with Crippen LogP contribution in [0.2, 0.25) is 0 Å². The Hall–Kier alpha value is -7.18. The van der Waals surface area contributed by atoms with Gasteiger partial charge in [-0.05, 0) is 121 Å². The van der Waals surface area contributed by atoms with Gasteiger partial charge >= 0.3 is 0 Å². The highest BCUT2D eigenvalue weighted by Crippen LogP contribution is 2.38. The third-order valence-corrected chi connectivity index (χ3v) is 10.5. The number of azo groups is 2. The van der Waals surface area contributed by atoms with Gasteiger partial charge in [0.05, 0.1) is 32.5 Å². The first kappa shape index (κ1) is 39.1. The molecule has 0 radical (unpaired) electrons. The van der Waals surface area contributed by atoms with E-state index >= 15 is 0 Å². The highest BCUT2D eigenvalue weighted by molar-refractivity contribution is 7.86. The number of phenolic OH excluding ortho intramolecular Hbond substituents is 1. The first-order chi connectivity index (χ1) is 27.6. The largest absolute Gasteiger partial charge is 0.507 e. The summed E-state index contributed by atoms with van der Waals surface area (Å²) >= 11 is 0. The first-order valence-corrected chi connectivity index (χ1v) is 20.0. The topological polar surface area (TPSA) is 237 Å². The number of carbonyl (C=O) groups is 2. The van der Waals surface area contributed by atoms with Crippen LogP contribution in [0.15, 0.2) is 164 Å². The van der Waals surface area contributed by atoms with Gasteiger partial charge in [0, 0.05) is 44.7 Å². The second-order valence-corrected chi connectivity index (χ2v) is 15.7.